The van der Waals surface area contributed by atoms with Gasteiger partial charge in [-0.1, -0.05) is 71.1 Å². The molecular weight excluding hydrogens is 384 g/mol. The predicted octanol–water partition coefficient (Wildman–Crippen LogP) is 5.15. The van der Waals surface area contributed by atoms with Gasteiger partial charge in [0.25, 0.3) is 5.69 Å². The van der Waals surface area contributed by atoms with Gasteiger partial charge in [-0.15, -0.1) is 0 Å². The first-order chi connectivity index (χ1) is 14.4. The summed E-state index contributed by atoms with van der Waals surface area (Å²) in [7, 11) is 0. The van der Waals surface area contributed by atoms with E-state index in [1.165, 1.54) is 75.6 Å². The SMILES string of the molecule is CCCCCCCCCCCCCC(=O)NC(O)CC(O)c1ccc([N+](=O)[O-])cc1. The summed E-state index contributed by atoms with van der Waals surface area (Å²) in [5.74, 6) is -0.227. The summed E-state index contributed by atoms with van der Waals surface area (Å²) in [6, 6.07) is 5.50. The van der Waals surface area contributed by atoms with Crippen molar-refractivity contribution in [3.8, 4) is 0 Å². The molecule has 1 aromatic rings. The van der Waals surface area contributed by atoms with E-state index >= 15 is 0 Å². The van der Waals surface area contributed by atoms with Crippen molar-refractivity contribution in [2.24, 2.45) is 0 Å². The van der Waals surface area contributed by atoms with E-state index in [1.807, 2.05) is 0 Å². The number of carbonyl (C=O) groups excluding carboxylic acids is 1. The van der Waals surface area contributed by atoms with E-state index in [4.69, 9.17) is 0 Å². The van der Waals surface area contributed by atoms with Crippen molar-refractivity contribution in [3.63, 3.8) is 0 Å². The number of non-ortho nitro benzene ring substituents is 1. The number of unbranched alkanes of at least 4 members (excludes halogenated alkanes) is 10. The van der Waals surface area contributed by atoms with Gasteiger partial charge >= 0.3 is 0 Å². The largest absolute Gasteiger partial charge is 0.388 e. The number of nitro benzene ring substituents is 1. The summed E-state index contributed by atoms with van der Waals surface area (Å²) in [6.45, 7) is 2.23. The Hall–Kier alpha value is -1.99. The molecule has 2 unspecified atom stereocenters. The van der Waals surface area contributed by atoms with E-state index in [0.717, 1.165) is 19.3 Å². The van der Waals surface area contributed by atoms with Gasteiger partial charge in [0.15, 0.2) is 0 Å². The highest BCUT2D eigenvalue weighted by atomic mass is 16.6. The van der Waals surface area contributed by atoms with E-state index in [0.29, 0.717) is 12.0 Å². The van der Waals surface area contributed by atoms with Crippen LogP contribution in [0.15, 0.2) is 24.3 Å². The fourth-order valence-electron chi connectivity index (χ4n) is 3.43. The lowest BCUT2D eigenvalue weighted by molar-refractivity contribution is -0.384. The van der Waals surface area contributed by atoms with Gasteiger partial charge < -0.3 is 15.5 Å². The minimum Gasteiger partial charge on any atom is -0.388 e. The molecule has 30 heavy (non-hydrogen) atoms. The highest BCUT2D eigenvalue weighted by Crippen LogP contribution is 2.21. The zero-order chi connectivity index (χ0) is 22.2. The fourth-order valence-corrected chi connectivity index (χ4v) is 3.43. The molecule has 0 aliphatic heterocycles. The lowest BCUT2D eigenvalue weighted by Gasteiger charge is -2.17. The van der Waals surface area contributed by atoms with Crippen LogP contribution in [0.5, 0.6) is 0 Å². The minimum atomic E-state index is -1.16. The third kappa shape index (κ3) is 11.9. The third-order valence-electron chi connectivity index (χ3n) is 5.27. The molecule has 0 aliphatic rings. The second-order valence-electron chi connectivity index (χ2n) is 7.97. The van der Waals surface area contributed by atoms with Crippen molar-refractivity contribution in [2.45, 2.75) is 103 Å². The maximum absolute atomic E-state index is 11.9. The number of nitro groups is 1. The molecule has 7 nitrogen and oxygen atoms in total. The van der Waals surface area contributed by atoms with Crippen LogP contribution in [0.3, 0.4) is 0 Å². The molecule has 1 aromatic carbocycles. The molecule has 0 bridgehead atoms. The van der Waals surface area contributed by atoms with Crippen LogP contribution in [-0.2, 0) is 4.79 Å². The number of nitrogens with one attached hydrogen (secondary N) is 1. The molecule has 0 aliphatic carbocycles. The maximum atomic E-state index is 11.9. The van der Waals surface area contributed by atoms with Gasteiger partial charge in [-0.2, -0.15) is 0 Å². The summed E-state index contributed by atoms with van der Waals surface area (Å²) in [5, 5.41) is 33.2. The van der Waals surface area contributed by atoms with Gasteiger partial charge in [0.2, 0.25) is 5.91 Å². The summed E-state index contributed by atoms with van der Waals surface area (Å²) < 4.78 is 0. The number of benzene rings is 1. The molecule has 0 spiro atoms. The first kappa shape index (κ1) is 26.0. The predicted molar refractivity (Wildman–Crippen MR) is 118 cm³/mol. The molecule has 0 aromatic heterocycles. The van der Waals surface area contributed by atoms with Crippen molar-refractivity contribution < 1.29 is 19.9 Å². The average molecular weight is 423 g/mol. The van der Waals surface area contributed by atoms with Gasteiger partial charge in [0.05, 0.1) is 11.0 Å². The van der Waals surface area contributed by atoms with Gasteiger partial charge in [-0.05, 0) is 24.1 Å². The van der Waals surface area contributed by atoms with E-state index in [1.54, 1.807) is 0 Å². The van der Waals surface area contributed by atoms with Gasteiger partial charge in [0, 0.05) is 25.0 Å². The van der Waals surface area contributed by atoms with Gasteiger partial charge in [-0.25, -0.2) is 0 Å². The van der Waals surface area contributed by atoms with E-state index in [2.05, 4.69) is 12.2 Å². The van der Waals surface area contributed by atoms with Crippen molar-refractivity contribution in [1.82, 2.24) is 5.32 Å². The number of aliphatic hydroxyl groups excluding tert-OH is 2. The molecular formula is C23H38N2O5. The quantitative estimate of drug-likeness (QED) is 0.139. The Morgan fingerprint density at radius 1 is 0.933 bits per heavy atom. The Morgan fingerprint density at radius 2 is 1.43 bits per heavy atom. The smallest absolute Gasteiger partial charge is 0.269 e. The molecule has 0 radical (unpaired) electrons. The van der Waals surface area contributed by atoms with Crippen molar-refractivity contribution in [3.05, 3.63) is 39.9 Å². The fraction of sp³-hybridized carbons (Fsp3) is 0.696. The average Bonchev–Trinajstić information content (AvgIpc) is 2.71. The number of nitrogens with zero attached hydrogens (tertiary/aromatic N) is 1. The van der Waals surface area contributed by atoms with Crippen LogP contribution in [-0.4, -0.2) is 27.3 Å². The summed E-state index contributed by atoms with van der Waals surface area (Å²) >= 11 is 0. The van der Waals surface area contributed by atoms with E-state index in [9.17, 15) is 25.1 Å². The lowest BCUT2D eigenvalue weighted by Crippen LogP contribution is -2.35. The van der Waals surface area contributed by atoms with Crippen LogP contribution < -0.4 is 5.32 Å². The zero-order valence-corrected chi connectivity index (χ0v) is 18.2. The number of hydrogen-bond acceptors (Lipinski definition) is 5. The van der Waals surface area contributed by atoms with Crippen LogP contribution in [0.4, 0.5) is 5.69 Å². The Kier molecular flexibility index (Phi) is 13.7. The summed E-state index contributed by atoms with van der Waals surface area (Å²) in [5.41, 5.74) is 0.394. The van der Waals surface area contributed by atoms with Crippen molar-refractivity contribution in [2.75, 3.05) is 0 Å². The van der Waals surface area contributed by atoms with Crippen LogP contribution >= 0.6 is 0 Å². The maximum Gasteiger partial charge on any atom is 0.269 e. The molecule has 2 atom stereocenters. The zero-order valence-electron chi connectivity index (χ0n) is 18.2. The third-order valence-corrected chi connectivity index (χ3v) is 5.27. The normalized spacial score (nSPS) is 13.0. The number of aliphatic hydroxyl groups is 2. The molecule has 1 rings (SSSR count). The number of carbonyl (C=O) groups is 1. The molecule has 0 heterocycles. The lowest BCUT2D eigenvalue weighted by atomic mass is 10.0. The van der Waals surface area contributed by atoms with E-state index < -0.39 is 17.3 Å². The number of hydrogen-bond donors (Lipinski definition) is 3. The Bertz CT molecular complexity index is 606. The number of amides is 1. The highest BCUT2D eigenvalue weighted by molar-refractivity contribution is 5.75. The first-order valence-electron chi connectivity index (χ1n) is 11.3. The molecule has 0 saturated carbocycles. The van der Waals surface area contributed by atoms with Crippen LogP contribution in [0.2, 0.25) is 0 Å². The Balaban J connectivity index is 2.08. The Labute approximate surface area is 180 Å². The van der Waals surface area contributed by atoms with Crippen LogP contribution in [0, 0.1) is 10.1 Å². The first-order valence-corrected chi connectivity index (χ1v) is 11.3. The topological polar surface area (TPSA) is 113 Å². The van der Waals surface area contributed by atoms with E-state index in [-0.39, 0.29) is 18.0 Å². The molecule has 0 fully saturated rings. The number of rotatable bonds is 17. The molecule has 7 heteroatoms. The van der Waals surface area contributed by atoms with Crippen LogP contribution in [0.25, 0.3) is 0 Å². The Morgan fingerprint density at radius 3 is 1.93 bits per heavy atom. The van der Waals surface area contributed by atoms with Crippen LogP contribution in [0.1, 0.15) is 102 Å². The molecule has 0 saturated heterocycles. The molecule has 170 valence electrons. The summed E-state index contributed by atoms with van der Waals surface area (Å²) in [6.07, 6.45) is 11.5. The molecule has 1 amide bonds. The monoisotopic (exact) mass is 422 g/mol. The minimum absolute atomic E-state index is 0.0632. The standard InChI is InChI=1S/C23H38N2O5/c1-2-3-4-5-6-7-8-9-10-11-12-13-22(27)24-23(28)18-21(26)19-14-16-20(17-15-19)25(29)30/h14-17,21,23,26,28H,2-13,18H2,1H3,(H,24,27). The second-order valence-corrected chi connectivity index (χ2v) is 7.97. The highest BCUT2D eigenvalue weighted by Gasteiger charge is 2.16. The van der Waals surface area contributed by atoms with Crippen molar-refractivity contribution in [1.29, 1.82) is 0 Å². The van der Waals surface area contributed by atoms with Gasteiger partial charge in [0.1, 0.15) is 6.23 Å². The summed E-state index contributed by atoms with van der Waals surface area (Å²) in [4.78, 5) is 22.1. The van der Waals surface area contributed by atoms with Crippen molar-refractivity contribution >= 4 is 11.6 Å². The van der Waals surface area contributed by atoms with Gasteiger partial charge in [-0.3, -0.25) is 14.9 Å². The second kappa shape index (κ2) is 15.8. The molecule has 3 N–H and O–H groups in total.